The number of nitrogens with one attached hydrogen (secondary N) is 1. The van der Waals surface area contributed by atoms with Crippen LogP contribution in [0, 0.1) is 5.92 Å². The fourth-order valence-corrected chi connectivity index (χ4v) is 2.26. The van der Waals surface area contributed by atoms with Crippen LogP contribution in [0.3, 0.4) is 0 Å². The second-order valence-electron chi connectivity index (χ2n) is 4.68. The van der Waals surface area contributed by atoms with Crippen molar-refractivity contribution in [3.63, 3.8) is 0 Å². The molecule has 18 heavy (non-hydrogen) atoms. The van der Waals surface area contributed by atoms with Gasteiger partial charge < -0.3 is 10.4 Å². The van der Waals surface area contributed by atoms with E-state index in [4.69, 9.17) is 5.11 Å². The first kappa shape index (κ1) is 12.6. The maximum Gasteiger partial charge on any atom is 0.315 e. The summed E-state index contributed by atoms with van der Waals surface area (Å²) in [7, 11) is 1.88. The summed E-state index contributed by atoms with van der Waals surface area (Å²) in [6, 6.07) is -0.114. The lowest BCUT2D eigenvalue weighted by Crippen LogP contribution is -2.37. The van der Waals surface area contributed by atoms with Crippen LogP contribution in [0.5, 0.6) is 0 Å². The zero-order valence-corrected chi connectivity index (χ0v) is 10.5. The Bertz CT molecular complexity index is 481. The van der Waals surface area contributed by atoms with Crippen LogP contribution in [0.4, 0.5) is 0 Å². The van der Waals surface area contributed by atoms with E-state index in [0.29, 0.717) is 0 Å². The van der Waals surface area contributed by atoms with Gasteiger partial charge in [0, 0.05) is 18.3 Å². The molecular weight excluding hydrogens is 234 g/mol. The number of aryl methyl sites for hydroxylation is 1. The van der Waals surface area contributed by atoms with E-state index in [2.05, 4.69) is 10.4 Å². The van der Waals surface area contributed by atoms with Gasteiger partial charge in [0.25, 0.3) is 0 Å². The smallest absolute Gasteiger partial charge is 0.315 e. The lowest BCUT2D eigenvalue weighted by molar-refractivity contribution is -0.146. The minimum atomic E-state index is -1.10. The molecule has 2 atom stereocenters. The predicted octanol–water partition coefficient (Wildman–Crippen LogP) is 0.634. The van der Waals surface area contributed by atoms with E-state index in [-0.39, 0.29) is 6.04 Å². The molecule has 1 heterocycles. The third-order valence-electron chi connectivity index (χ3n) is 3.46. The average molecular weight is 251 g/mol. The molecule has 0 aromatic carbocycles. The van der Waals surface area contributed by atoms with Gasteiger partial charge >= 0.3 is 5.97 Å². The molecule has 98 valence electrons. The Morgan fingerprint density at radius 3 is 3.00 bits per heavy atom. The molecule has 0 radical (unpaired) electrons. The van der Waals surface area contributed by atoms with Crippen LogP contribution in [0.15, 0.2) is 6.20 Å². The first-order valence-electron chi connectivity index (χ1n) is 6.04. The van der Waals surface area contributed by atoms with E-state index in [1.54, 1.807) is 6.20 Å². The Morgan fingerprint density at radius 1 is 1.61 bits per heavy atom. The van der Waals surface area contributed by atoms with Crippen molar-refractivity contribution >= 4 is 11.9 Å². The van der Waals surface area contributed by atoms with Gasteiger partial charge in [0.05, 0.1) is 12.2 Å². The Labute approximate surface area is 105 Å². The summed E-state index contributed by atoms with van der Waals surface area (Å²) in [6.45, 7) is 1.39. The van der Waals surface area contributed by atoms with Gasteiger partial charge in [0.15, 0.2) is 0 Å². The number of carbonyl (C=O) groups excluding carboxylic acids is 1. The van der Waals surface area contributed by atoms with E-state index in [0.717, 1.165) is 30.5 Å². The van der Waals surface area contributed by atoms with Crippen LogP contribution in [0.2, 0.25) is 0 Å². The molecule has 1 aromatic rings. The van der Waals surface area contributed by atoms with Gasteiger partial charge in [-0.05, 0) is 26.2 Å². The van der Waals surface area contributed by atoms with Gasteiger partial charge in [-0.2, -0.15) is 5.10 Å². The van der Waals surface area contributed by atoms with Crippen molar-refractivity contribution in [2.24, 2.45) is 13.0 Å². The molecule has 6 heteroatoms. The Morgan fingerprint density at radius 2 is 2.33 bits per heavy atom. The molecule has 0 spiro atoms. The maximum absolute atomic E-state index is 11.8. The highest BCUT2D eigenvalue weighted by Gasteiger charge is 2.28. The molecule has 6 nitrogen and oxygen atoms in total. The number of hydrogen-bond donors (Lipinski definition) is 2. The third-order valence-corrected chi connectivity index (χ3v) is 3.46. The van der Waals surface area contributed by atoms with E-state index in [1.165, 1.54) is 6.92 Å². The normalized spacial score (nSPS) is 20.0. The lowest BCUT2D eigenvalue weighted by Gasteiger charge is -2.24. The summed E-state index contributed by atoms with van der Waals surface area (Å²) in [5, 5.41) is 15.8. The van der Waals surface area contributed by atoms with E-state index in [9.17, 15) is 9.59 Å². The molecule has 1 aliphatic rings. The number of carboxylic acid groups (broad SMARTS) is 1. The molecule has 1 aliphatic carbocycles. The first-order valence-corrected chi connectivity index (χ1v) is 6.04. The quantitative estimate of drug-likeness (QED) is 0.772. The molecule has 0 aliphatic heterocycles. The highest BCUT2D eigenvalue weighted by atomic mass is 16.4. The number of aromatic nitrogens is 2. The molecule has 2 unspecified atom stereocenters. The maximum atomic E-state index is 11.8. The summed E-state index contributed by atoms with van der Waals surface area (Å²) in [6.07, 6.45) is 4.51. The van der Waals surface area contributed by atoms with Crippen molar-refractivity contribution in [1.29, 1.82) is 0 Å². The summed E-state index contributed by atoms with van der Waals surface area (Å²) in [5.74, 6) is -2.56. The molecule has 0 fully saturated rings. The standard InChI is InChI=1S/C12H17N3O3/c1-7(12(17)18)11(16)14-9-4-3-5-10-8(9)6-13-15(10)2/h6-7,9H,3-5H2,1-2H3,(H,14,16)(H,17,18). The molecule has 2 rings (SSSR count). The summed E-state index contributed by atoms with van der Waals surface area (Å²) < 4.78 is 1.81. The van der Waals surface area contributed by atoms with Crippen LogP contribution >= 0.6 is 0 Å². The molecule has 1 amide bonds. The zero-order chi connectivity index (χ0) is 13.3. The van der Waals surface area contributed by atoms with E-state index in [1.807, 2.05) is 11.7 Å². The van der Waals surface area contributed by atoms with Gasteiger partial charge in [0.1, 0.15) is 5.92 Å². The molecule has 1 aromatic heterocycles. The van der Waals surface area contributed by atoms with Gasteiger partial charge in [-0.25, -0.2) is 0 Å². The Kier molecular flexibility index (Phi) is 3.36. The fraction of sp³-hybridized carbons (Fsp3) is 0.583. The van der Waals surface area contributed by atoms with Crippen LogP contribution < -0.4 is 5.32 Å². The number of rotatable bonds is 3. The second kappa shape index (κ2) is 4.80. The third kappa shape index (κ3) is 2.23. The number of carboxylic acids is 1. The predicted molar refractivity (Wildman–Crippen MR) is 63.8 cm³/mol. The molecule has 2 N–H and O–H groups in total. The minimum absolute atomic E-state index is 0.114. The Balaban J connectivity index is 2.12. The summed E-state index contributed by atoms with van der Waals surface area (Å²) in [5.41, 5.74) is 2.13. The largest absolute Gasteiger partial charge is 0.481 e. The van der Waals surface area contributed by atoms with Crippen molar-refractivity contribution in [3.05, 3.63) is 17.5 Å². The van der Waals surface area contributed by atoms with Crippen molar-refractivity contribution in [2.45, 2.75) is 32.2 Å². The fourth-order valence-electron chi connectivity index (χ4n) is 2.26. The van der Waals surface area contributed by atoms with Crippen LogP contribution in [0.25, 0.3) is 0 Å². The van der Waals surface area contributed by atoms with Crippen molar-refractivity contribution in [3.8, 4) is 0 Å². The highest BCUT2D eigenvalue weighted by molar-refractivity contribution is 5.96. The van der Waals surface area contributed by atoms with Gasteiger partial charge in [-0.3, -0.25) is 14.3 Å². The van der Waals surface area contributed by atoms with Crippen molar-refractivity contribution in [2.75, 3.05) is 0 Å². The average Bonchev–Trinajstić information content (AvgIpc) is 2.71. The summed E-state index contributed by atoms with van der Waals surface area (Å²) in [4.78, 5) is 22.5. The van der Waals surface area contributed by atoms with Crippen LogP contribution in [0.1, 0.15) is 37.1 Å². The number of hydrogen-bond acceptors (Lipinski definition) is 3. The monoisotopic (exact) mass is 251 g/mol. The molecule has 0 saturated heterocycles. The number of aliphatic carboxylic acids is 1. The molecule has 0 bridgehead atoms. The Hall–Kier alpha value is -1.85. The SMILES string of the molecule is CC(C(=O)O)C(=O)NC1CCCc2c1cnn2C. The van der Waals surface area contributed by atoms with Gasteiger partial charge in [0.2, 0.25) is 5.91 Å². The summed E-state index contributed by atoms with van der Waals surface area (Å²) >= 11 is 0. The lowest BCUT2D eigenvalue weighted by atomic mass is 9.92. The number of carbonyl (C=O) groups is 2. The zero-order valence-electron chi connectivity index (χ0n) is 10.5. The van der Waals surface area contributed by atoms with Gasteiger partial charge in [-0.15, -0.1) is 0 Å². The number of nitrogens with zero attached hydrogens (tertiary/aromatic N) is 2. The van der Waals surface area contributed by atoms with Crippen molar-refractivity contribution < 1.29 is 14.7 Å². The minimum Gasteiger partial charge on any atom is -0.481 e. The van der Waals surface area contributed by atoms with Gasteiger partial charge in [-0.1, -0.05) is 0 Å². The van der Waals surface area contributed by atoms with Crippen molar-refractivity contribution in [1.82, 2.24) is 15.1 Å². The highest BCUT2D eigenvalue weighted by Crippen LogP contribution is 2.29. The first-order chi connectivity index (χ1) is 8.50. The number of amides is 1. The molecule has 0 saturated carbocycles. The van der Waals surface area contributed by atoms with E-state index < -0.39 is 17.8 Å². The second-order valence-corrected chi connectivity index (χ2v) is 4.68. The number of fused-ring (bicyclic) bond motifs is 1. The van der Waals surface area contributed by atoms with Crippen LogP contribution in [-0.2, 0) is 23.1 Å². The van der Waals surface area contributed by atoms with E-state index >= 15 is 0 Å². The molecular formula is C12H17N3O3. The van der Waals surface area contributed by atoms with Crippen LogP contribution in [-0.4, -0.2) is 26.8 Å². The topological polar surface area (TPSA) is 84.2 Å².